The van der Waals surface area contributed by atoms with Crippen molar-refractivity contribution >= 4 is 75.2 Å². The van der Waals surface area contributed by atoms with Crippen molar-refractivity contribution in [2.45, 2.75) is 19.8 Å². The van der Waals surface area contributed by atoms with E-state index in [9.17, 15) is 0 Å². The van der Waals surface area contributed by atoms with Crippen LogP contribution in [0, 0.1) is 0 Å². The summed E-state index contributed by atoms with van der Waals surface area (Å²) < 4.78 is 10.8. The van der Waals surface area contributed by atoms with Crippen LogP contribution in [0.2, 0.25) is 0 Å². The summed E-state index contributed by atoms with van der Waals surface area (Å²) in [6.45, 7) is 6.01. The number of aromatic nitrogens is 4. The van der Waals surface area contributed by atoms with Crippen molar-refractivity contribution in [3.8, 4) is 16.9 Å². The summed E-state index contributed by atoms with van der Waals surface area (Å²) >= 11 is 0. The fourth-order valence-electron chi connectivity index (χ4n) is 6.34. The monoisotopic (exact) mass is 578 g/mol. The lowest BCUT2D eigenvalue weighted by Gasteiger charge is -2.14. The van der Waals surface area contributed by atoms with Crippen molar-refractivity contribution in [3.05, 3.63) is 121 Å². The average molecular weight is 579 g/mol. The maximum absolute atomic E-state index is 6.28. The molecule has 3 aromatic carbocycles. The van der Waals surface area contributed by atoms with Gasteiger partial charge >= 0.3 is 0 Å². The average Bonchev–Trinajstić information content (AvgIpc) is 3.71. The van der Waals surface area contributed by atoms with Gasteiger partial charge in [-0.05, 0) is 61.7 Å². The molecule has 0 saturated heterocycles. The van der Waals surface area contributed by atoms with Crippen LogP contribution in [-0.2, 0) is 0 Å². The number of hydrogen-bond donors (Lipinski definition) is 0. The van der Waals surface area contributed by atoms with Gasteiger partial charge in [-0.15, -0.1) is 0 Å². The van der Waals surface area contributed by atoms with E-state index in [-0.39, 0.29) is 13.5 Å². The molecule has 7 aromatic rings. The summed E-state index contributed by atoms with van der Waals surface area (Å²) in [5.74, 6) is 1.67. The second-order valence-corrected chi connectivity index (χ2v) is 10.6. The molecule has 0 spiro atoms. The van der Waals surface area contributed by atoms with Crippen LogP contribution in [-0.4, -0.2) is 19.1 Å². The Morgan fingerprint density at radius 2 is 1.67 bits per heavy atom. The van der Waals surface area contributed by atoms with Crippen LogP contribution in [0.15, 0.2) is 115 Å². The quantitative estimate of drug-likeness (QED) is 0.204. The lowest BCUT2D eigenvalue weighted by molar-refractivity contribution is 0.603. The Labute approximate surface area is 256 Å². The van der Waals surface area contributed by atoms with E-state index in [1.165, 1.54) is 10.8 Å². The summed E-state index contributed by atoms with van der Waals surface area (Å²) in [5.41, 5.74) is 9.12. The molecule has 0 N–H and O–H groups in total. The first-order valence-electron chi connectivity index (χ1n) is 14.3. The van der Waals surface area contributed by atoms with Crippen LogP contribution < -0.4 is 0 Å². The van der Waals surface area contributed by atoms with E-state index in [0.717, 1.165) is 79.8 Å². The Hall–Kier alpha value is -5.07. The zero-order chi connectivity index (χ0) is 28.2. The van der Waals surface area contributed by atoms with Gasteiger partial charge in [0, 0.05) is 39.2 Å². The number of para-hydroxylation sites is 2. The molecule has 4 heterocycles. The molecule has 8 rings (SSSR count). The zero-order valence-electron chi connectivity index (χ0n) is 23.8. The van der Waals surface area contributed by atoms with Crippen LogP contribution in [0.3, 0.4) is 0 Å². The summed E-state index contributed by atoms with van der Waals surface area (Å²) in [5, 5.41) is 3.45. The molecule has 0 atom stereocenters. The van der Waals surface area contributed by atoms with Crippen molar-refractivity contribution in [1.82, 2.24) is 19.1 Å². The Kier molecular flexibility index (Phi) is 6.63. The lowest BCUT2D eigenvalue weighted by Crippen LogP contribution is -2.04. The normalized spacial score (nSPS) is 13.4. The van der Waals surface area contributed by atoms with Gasteiger partial charge in [-0.2, -0.15) is 13.5 Å². The second kappa shape index (κ2) is 10.6. The van der Waals surface area contributed by atoms with Gasteiger partial charge in [-0.25, -0.2) is 9.97 Å². The van der Waals surface area contributed by atoms with E-state index in [0.29, 0.717) is 0 Å². The van der Waals surface area contributed by atoms with E-state index in [2.05, 4.69) is 107 Å². The topological polar surface area (TPSA) is 48.8 Å². The highest BCUT2D eigenvalue weighted by molar-refractivity contribution is 7.59. The third-order valence-electron chi connectivity index (χ3n) is 8.19. The van der Waals surface area contributed by atoms with Gasteiger partial charge in [0.2, 0.25) is 0 Å². The van der Waals surface area contributed by atoms with E-state index in [4.69, 9.17) is 14.4 Å². The molecular weight excluding hydrogens is 549 g/mol. The Bertz CT molecular complexity index is 2240. The largest absolute Gasteiger partial charge is 0.456 e. The number of furan rings is 1. The molecule has 43 heavy (non-hydrogen) atoms. The molecule has 4 aromatic heterocycles. The van der Waals surface area contributed by atoms with Crippen molar-refractivity contribution in [1.29, 1.82) is 0 Å². The van der Waals surface area contributed by atoms with E-state index >= 15 is 0 Å². The minimum absolute atomic E-state index is 0. The molecule has 210 valence electrons. The SMILES string of the molecule is C=Cc1c(/C=C\C)oc2cc(-c3cn(C4=CCCC=C4)c4c(-n5c6ccccc6c6ccccc65)ncnc34)ccc12.S. The number of benzene rings is 3. The summed E-state index contributed by atoms with van der Waals surface area (Å²) in [4.78, 5) is 9.85. The van der Waals surface area contributed by atoms with E-state index in [1.807, 2.05) is 25.2 Å². The molecule has 0 radical (unpaired) electrons. The molecule has 1 aliphatic rings. The molecule has 0 bridgehead atoms. The van der Waals surface area contributed by atoms with Crippen molar-refractivity contribution in [2.75, 3.05) is 0 Å². The molecule has 1 aliphatic carbocycles. The van der Waals surface area contributed by atoms with Gasteiger partial charge in [0.25, 0.3) is 0 Å². The van der Waals surface area contributed by atoms with Crippen LogP contribution in [0.1, 0.15) is 31.1 Å². The molecule has 0 unspecified atom stereocenters. The van der Waals surface area contributed by atoms with Gasteiger partial charge in [0.05, 0.1) is 11.0 Å². The number of rotatable bonds is 5. The lowest BCUT2D eigenvalue weighted by atomic mass is 10.0. The van der Waals surface area contributed by atoms with Crippen molar-refractivity contribution in [3.63, 3.8) is 0 Å². The van der Waals surface area contributed by atoms with Crippen LogP contribution in [0.4, 0.5) is 0 Å². The third-order valence-corrected chi connectivity index (χ3v) is 8.19. The predicted molar refractivity (Wildman–Crippen MR) is 185 cm³/mol. The highest BCUT2D eigenvalue weighted by Gasteiger charge is 2.22. The Morgan fingerprint density at radius 1 is 0.907 bits per heavy atom. The molecule has 5 nitrogen and oxygen atoms in total. The van der Waals surface area contributed by atoms with Gasteiger partial charge < -0.3 is 8.98 Å². The number of hydrogen-bond acceptors (Lipinski definition) is 3. The van der Waals surface area contributed by atoms with Gasteiger partial charge in [0.15, 0.2) is 5.82 Å². The highest BCUT2D eigenvalue weighted by Crippen LogP contribution is 2.39. The fraction of sp³-hybridized carbons (Fsp3) is 0.0811. The highest BCUT2D eigenvalue weighted by atomic mass is 32.1. The molecule has 0 saturated carbocycles. The fourth-order valence-corrected chi connectivity index (χ4v) is 6.34. The van der Waals surface area contributed by atoms with Crippen molar-refractivity contribution < 1.29 is 4.42 Å². The number of fused-ring (bicyclic) bond motifs is 5. The van der Waals surface area contributed by atoms with Crippen LogP contribution >= 0.6 is 13.5 Å². The minimum Gasteiger partial charge on any atom is -0.456 e. The number of nitrogens with zero attached hydrogens (tertiary/aromatic N) is 4. The molecule has 0 amide bonds. The minimum atomic E-state index is 0. The van der Waals surface area contributed by atoms with Gasteiger partial charge in [-0.3, -0.25) is 4.57 Å². The number of allylic oxidation sites excluding steroid dienone is 5. The predicted octanol–water partition coefficient (Wildman–Crippen LogP) is 9.92. The first kappa shape index (κ1) is 26.8. The Balaban J connectivity index is 0.00000300. The molecular formula is C37H30N4OS. The molecule has 0 fully saturated rings. The van der Waals surface area contributed by atoms with Crippen LogP contribution in [0.5, 0.6) is 0 Å². The Morgan fingerprint density at radius 3 is 2.37 bits per heavy atom. The summed E-state index contributed by atoms with van der Waals surface area (Å²) in [6, 6.07) is 23.5. The first-order valence-corrected chi connectivity index (χ1v) is 14.3. The molecule has 6 heteroatoms. The second-order valence-electron chi connectivity index (χ2n) is 10.6. The van der Waals surface area contributed by atoms with E-state index < -0.39 is 0 Å². The maximum Gasteiger partial charge on any atom is 0.166 e. The summed E-state index contributed by atoms with van der Waals surface area (Å²) in [7, 11) is 0. The maximum atomic E-state index is 6.28. The van der Waals surface area contributed by atoms with Gasteiger partial charge in [0.1, 0.15) is 28.7 Å². The van der Waals surface area contributed by atoms with Crippen LogP contribution in [0.25, 0.3) is 78.6 Å². The smallest absolute Gasteiger partial charge is 0.166 e. The standard InChI is InChI=1S/C37H28N4O.H2S/c1-3-12-33-26(4-2)29-20-19-24(21-34(29)42-33)30-22-40(25-13-6-5-7-14-25)36-35(30)38-23-39-37(36)41-31-17-10-8-15-27(31)28-16-9-11-18-32(28)41;/h3-4,6,8-23H,2,5,7H2,1H3;1H2/b12-3-;. The third kappa shape index (κ3) is 4.09. The van der Waals surface area contributed by atoms with Gasteiger partial charge in [-0.1, -0.05) is 73.3 Å². The van der Waals surface area contributed by atoms with Crippen molar-refractivity contribution in [2.24, 2.45) is 0 Å². The zero-order valence-corrected chi connectivity index (χ0v) is 24.8. The summed E-state index contributed by atoms with van der Waals surface area (Å²) in [6.07, 6.45) is 18.5. The van der Waals surface area contributed by atoms with E-state index in [1.54, 1.807) is 6.33 Å². The molecule has 0 aliphatic heterocycles. The first-order chi connectivity index (χ1) is 20.8.